The van der Waals surface area contributed by atoms with E-state index in [2.05, 4.69) is 5.32 Å². The number of ether oxygens (including phenoxy) is 1. The summed E-state index contributed by atoms with van der Waals surface area (Å²) in [6.45, 7) is 7.93. The number of nitrogens with one attached hydrogen (secondary N) is 1. The molecule has 0 atom stereocenters. The van der Waals surface area contributed by atoms with Gasteiger partial charge in [0.25, 0.3) is 0 Å². The minimum Gasteiger partial charge on any atom is -0.491 e. The van der Waals surface area contributed by atoms with E-state index >= 15 is 0 Å². The molecule has 2 rings (SSSR count). The smallest absolute Gasteiger partial charge is 0.232 e. The van der Waals surface area contributed by atoms with Crippen LogP contribution in [0, 0.1) is 13.8 Å². The van der Waals surface area contributed by atoms with Crippen molar-refractivity contribution >= 4 is 27.3 Å². The molecule has 0 radical (unpaired) electrons. The van der Waals surface area contributed by atoms with Gasteiger partial charge >= 0.3 is 0 Å². The highest BCUT2D eigenvalue weighted by Gasteiger charge is 2.19. The first-order chi connectivity index (χ1) is 13.6. The first-order valence-corrected chi connectivity index (χ1v) is 11.5. The minimum absolute atomic E-state index is 0.0491. The molecule has 158 valence electrons. The molecule has 1 amide bonds. The molecule has 0 heterocycles. The van der Waals surface area contributed by atoms with Gasteiger partial charge in [0.05, 0.1) is 18.0 Å². The van der Waals surface area contributed by atoms with Gasteiger partial charge in [-0.3, -0.25) is 9.10 Å². The lowest BCUT2D eigenvalue weighted by Gasteiger charge is -2.24. The van der Waals surface area contributed by atoms with Crippen LogP contribution in [0.25, 0.3) is 0 Å². The Morgan fingerprint density at radius 2 is 1.86 bits per heavy atom. The molecule has 6 nitrogen and oxygen atoms in total. The van der Waals surface area contributed by atoms with Crippen molar-refractivity contribution in [1.29, 1.82) is 0 Å². The third-order valence-corrected chi connectivity index (χ3v) is 5.47. The zero-order chi connectivity index (χ0) is 21.6. The highest BCUT2D eigenvalue weighted by atomic mass is 32.2. The lowest BCUT2D eigenvalue weighted by molar-refractivity contribution is -0.116. The summed E-state index contributed by atoms with van der Waals surface area (Å²) in [7, 11) is -3.45. The van der Waals surface area contributed by atoms with E-state index in [0.29, 0.717) is 23.5 Å². The maximum Gasteiger partial charge on any atom is 0.232 e. The van der Waals surface area contributed by atoms with Gasteiger partial charge in [-0.2, -0.15) is 0 Å². The monoisotopic (exact) mass is 418 g/mol. The van der Waals surface area contributed by atoms with Crippen LogP contribution in [-0.4, -0.2) is 33.2 Å². The van der Waals surface area contributed by atoms with Crippen LogP contribution < -0.4 is 14.4 Å². The van der Waals surface area contributed by atoms with Crippen molar-refractivity contribution in [2.45, 2.75) is 46.6 Å². The summed E-state index contributed by atoms with van der Waals surface area (Å²) in [5.41, 5.74) is 3.18. The number of anilines is 2. The van der Waals surface area contributed by atoms with E-state index < -0.39 is 10.0 Å². The van der Waals surface area contributed by atoms with Gasteiger partial charge in [-0.25, -0.2) is 8.42 Å². The van der Waals surface area contributed by atoms with Gasteiger partial charge in [0.1, 0.15) is 5.75 Å². The Morgan fingerprint density at radius 3 is 2.52 bits per heavy atom. The third-order valence-electron chi connectivity index (χ3n) is 4.29. The molecule has 7 heteroatoms. The van der Waals surface area contributed by atoms with E-state index in [4.69, 9.17) is 4.74 Å². The van der Waals surface area contributed by atoms with Crippen molar-refractivity contribution < 1.29 is 17.9 Å². The first kappa shape index (κ1) is 22.7. The van der Waals surface area contributed by atoms with Crippen LogP contribution in [0.4, 0.5) is 11.4 Å². The Balaban J connectivity index is 1.99. The van der Waals surface area contributed by atoms with Crippen molar-refractivity contribution in [1.82, 2.24) is 0 Å². The van der Waals surface area contributed by atoms with Crippen molar-refractivity contribution in [2.75, 3.05) is 22.4 Å². The number of sulfonamides is 1. The fourth-order valence-corrected chi connectivity index (χ4v) is 3.99. The van der Waals surface area contributed by atoms with Crippen molar-refractivity contribution in [3.05, 3.63) is 53.6 Å². The SMILES string of the molecule is Cc1ccc(C)c(N(CCCC(=O)Nc2cccc(OC(C)C)c2)S(C)(=O)=O)c1. The van der Waals surface area contributed by atoms with E-state index in [0.717, 1.165) is 11.1 Å². The van der Waals surface area contributed by atoms with Crippen molar-refractivity contribution in [3.63, 3.8) is 0 Å². The lowest BCUT2D eigenvalue weighted by atomic mass is 10.1. The molecule has 1 N–H and O–H groups in total. The standard InChI is InChI=1S/C22H30N2O4S/c1-16(2)28-20-9-6-8-19(15-20)23-22(25)10-7-13-24(29(5,26)27)21-14-17(3)11-12-18(21)4/h6,8-9,11-12,14-16H,7,10,13H2,1-5H3,(H,23,25). The lowest BCUT2D eigenvalue weighted by Crippen LogP contribution is -2.32. The van der Waals surface area contributed by atoms with Gasteiger partial charge in [0.15, 0.2) is 0 Å². The molecule has 0 unspecified atom stereocenters. The Kier molecular flexibility index (Phi) is 7.67. The van der Waals surface area contributed by atoms with Crippen molar-refractivity contribution in [2.24, 2.45) is 0 Å². The molecule has 2 aromatic rings. The molecule has 0 aliphatic rings. The van der Waals surface area contributed by atoms with E-state index in [1.165, 1.54) is 10.6 Å². The molecule has 2 aromatic carbocycles. The number of hydrogen-bond acceptors (Lipinski definition) is 4. The summed E-state index contributed by atoms with van der Waals surface area (Å²) in [4.78, 5) is 12.3. The molecule has 0 spiro atoms. The van der Waals surface area contributed by atoms with Crippen LogP contribution in [0.5, 0.6) is 5.75 Å². The average molecular weight is 419 g/mol. The average Bonchev–Trinajstić information content (AvgIpc) is 2.60. The zero-order valence-corrected chi connectivity index (χ0v) is 18.5. The molecule has 0 bridgehead atoms. The maximum atomic E-state index is 12.3. The van der Waals surface area contributed by atoms with Crippen LogP contribution >= 0.6 is 0 Å². The topological polar surface area (TPSA) is 75.7 Å². The number of carbonyl (C=O) groups excluding carboxylic acids is 1. The molecule has 0 saturated heterocycles. The van der Waals surface area contributed by atoms with Crippen LogP contribution in [0.15, 0.2) is 42.5 Å². The predicted molar refractivity (Wildman–Crippen MR) is 118 cm³/mol. The normalized spacial score (nSPS) is 11.4. The summed E-state index contributed by atoms with van der Waals surface area (Å²) >= 11 is 0. The molecular weight excluding hydrogens is 388 g/mol. The Labute approximate surface area is 173 Å². The Hall–Kier alpha value is -2.54. The number of rotatable bonds is 9. The van der Waals surface area contributed by atoms with Gasteiger partial charge in [-0.15, -0.1) is 0 Å². The van der Waals surface area contributed by atoms with E-state index in [-0.39, 0.29) is 25.0 Å². The second-order valence-corrected chi connectivity index (χ2v) is 9.38. The molecule has 0 fully saturated rings. The van der Waals surface area contributed by atoms with Gasteiger partial charge < -0.3 is 10.1 Å². The highest BCUT2D eigenvalue weighted by molar-refractivity contribution is 7.92. The minimum atomic E-state index is -3.45. The van der Waals surface area contributed by atoms with Crippen LogP contribution in [-0.2, 0) is 14.8 Å². The second-order valence-electron chi connectivity index (χ2n) is 7.47. The van der Waals surface area contributed by atoms with Gasteiger partial charge in [-0.1, -0.05) is 18.2 Å². The number of hydrogen-bond donors (Lipinski definition) is 1. The summed E-state index contributed by atoms with van der Waals surface area (Å²) in [6.07, 6.45) is 1.86. The quantitative estimate of drug-likeness (QED) is 0.660. The maximum absolute atomic E-state index is 12.3. The van der Waals surface area contributed by atoms with Gasteiger partial charge in [0.2, 0.25) is 15.9 Å². The summed E-state index contributed by atoms with van der Waals surface area (Å²) < 4.78 is 31.6. The molecule has 0 saturated carbocycles. The van der Waals surface area contributed by atoms with E-state index in [1.807, 2.05) is 58.0 Å². The fourth-order valence-electron chi connectivity index (χ4n) is 2.98. The van der Waals surface area contributed by atoms with Crippen LogP contribution in [0.1, 0.15) is 37.8 Å². The summed E-state index contributed by atoms with van der Waals surface area (Å²) in [6, 6.07) is 12.9. The number of amides is 1. The zero-order valence-electron chi connectivity index (χ0n) is 17.7. The van der Waals surface area contributed by atoms with Crippen LogP contribution in [0.3, 0.4) is 0 Å². The van der Waals surface area contributed by atoms with Crippen molar-refractivity contribution in [3.8, 4) is 5.75 Å². The molecule has 29 heavy (non-hydrogen) atoms. The fraction of sp³-hybridized carbons (Fsp3) is 0.409. The number of nitrogens with zero attached hydrogens (tertiary/aromatic N) is 1. The Morgan fingerprint density at radius 1 is 1.14 bits per heavy atom. The largest absolute Gasteiger partial charge is 0.491 e. The Bertz CT molecular complexity index is 955. The molecule has 0 aromatic heterocycles. The first-order valence-electron chi connectivity index (χ1n) is 9.68. The highest BCUT2D eigenvalue weighted by Crippen LogP contribution is 2.24. The number of aryl methyl sites for hydroxylation is 2. The van der Waals surface area contributed by atoms with Gasteiger partial charge in [-0.05, 0) is 63.4 Å². The van der Waals surface area contributed by atoms with E-state index in [9.17, 15) is 13.2 Å². The number of benzene rings is 2. The number of carbonyl (C=O) groups is 1. The molecule has 0 aliphatic carbocycles. The van der Waals surface area contributed by atoms with E-state index in [1.54, 1.807) is 12.1 Å². The molecular formula is C22H30N2O4S. The van der Waals surface area contributed by atoms with Gasteiger partial charge in [0, 0.05) is 24.7 Å². The summed E-state index contributed by atoms with van der Waals surface area (Å²) in [5.74, 6) is 0.525. The summed E-state index contributed by atoms with van der Waals surface area (Å²) in [5, 5.41) is 2.84. The second kappa shape index (κ2) is 9.78. The van der Waals surface area contributed by atoms with Crippen LogP contribution in [0.2, 0.25) is 0 Å². The molecule has 0 aliphatic heterocycles. The predicted octanol–water partition coefficient (Wildman–Crippen LogP) is 4.28. The third kappa shape index (κ3) is 7.09.